The molecule has 1 N–H and O–H groups in total. The Labute approximate surface area is 103 Å². The predicted octanol–water partition coefficient (Wildman–Crippen LogP) is 3.81. The van der Waals surface area contributed by atoms with Gasteiger partial charge < -0.3 is 9.84 Å². The van der Waals surface area contributed by atoms with Crippen molar-refractivity contribution in [3.05, 3.63) is 59.7 Å². The van der Waals surface area contributed by atoms with Crippen molar-refractivity contribution in [1.82, 2.24) is 0 Å². The van der Waals surface area contributed by atoms with Crippen LogP contribution in [-0.4, -0.2) is 5.11 Å². The van der Waals surface area contributed by atoms with Gasteiger partial charge in [-0.2, -0.15) is 0 Å². The first-order valence-corrected chi connectivity index (χ1v) is 5.46. The van der Waals surface area contributed by atoms with Crippen molar-refractivity contribution in [2.75, 3.05) is 0 Å². The second kappa shape index (κ2) is 5.14. The average molecular weight is 250 g/mol. The molecule has 2 nitrogen and oxygen atoms in total. The van der Waals surface area contributed by atoms with Gasteiger partial charge in [-0.3, -0.25) is 0 Å². The van der Waals surface area contributed by atoms with Crippen LogP contribution in [0.5, 0.6) is 11.5 Å². The lowest BCUT2D eigenvalue weighted by atomic mass is 10.1. The summed E-state index contributed by atoms with van der Waals surface area (Å²) in [6, 6.07) is 9.63. The molecule has 94 valence electrons. The van der Waals surface area contributed by atoms with E-state index in [4.69, 9.17) is 4.74 Å². The van der Waals surface area contributed by atoms with Gasteiger partial charge in [-0.25, -0.2) is 8.78 Å². The number of hydrogen-bond donors (Lipinski definition) is 1. The van der Waals surface area contributed by atoms with Crippen molar-refractivity contribution >= 4 is 0 Å². The first-order valence-electron chi connectivity index (χ1n) is 5.46. The minimum absolute atomic E-state index is 0.0947. The Morgan fingerprint density at radius 3 is 2.00 bits per heavy atom. The smallest absolute Gasteiger partial charge is 0.133 e. The number of halogens is 2. The molecular formula is C14H12F2O2. The van der Waals surface area contributed by atoms with Crippen LogP contribution in [-0.2, 0) is 0 Å². The summed E-state index contributed by atoms with van der Waals surface area (Å²) >= 11 is 0. The molecule has 2 rings (SSSR count). The van der Waals surface area contributed by atoms with Gasteiger partial charge in [0.1, 0.15) is 23.1 Å². The Kier molecular flexibility index (Phi) is 3.58. The molecule has 0 radical (unpaired) electrons. The molecule has 18 heavy (non-hydrogen) atoms. The van der Waals surface area contributed by atoms with Gasteiger partial charge in [0, 0.05) is 18.2 Å². The number of rotatable bonds is 3. The highest BCUT2D eigenvalue weighted by atomic mass is 19.1. The van der Waals surface area contributed by atoms with Crippen molar-refractivity contribution < 1.29 is 18.6 Å². The molecule has 1 atom stereocenters. The standard InChI is InChI=1S/C14H12F2O2/c1-9(17)10-2-4-13(5-3-10)18-14-7-11(15)6-12(16)8-14/h2-9,17H,1H3/t9-/m1/s1. The van der Waals surface area contributed by atoms with Crippen molar-refractivity contribution in [2.24, 2.45) is 0 Å². The third-order valence-corrected chi connectivity index (χ3v) is 2.43. The molecule has 0 amide bonds. The highest BCUT2D eigenvalue weighted by molar-refractivity contribution is 5.34. The van der Waals surface area contributed by atoms with E-state index in [0.29, 0.717) is 5.75 Å². The van der Waals surface area contributed by atoms with Crippen LogP contribution < -0.4 is 4.74 Å². The van der Waals surface area contributed by atoms with Crippen LogP contribution in [0.4, 0.5) is 8.78 Å². The lowest BCUT2D eigenvalue weighted by molar-refractivity contribution is 0.199. The van der Waals surface area contributed by atoms with Crippen LogP contribution in [0.3, 0.4) is 0 Å². The summed E-state index contributed by atoms with van der Waals surface area (Å²) in [5.41, 5.74) is 0.743. The van der Waals surface area contributed by atoms with E-state index in [9.17, 15) is 13.9 Å². The molecule has 0 aliphatic heterocycles. The van der Waals surface area contributed by atoms with E-state index in [-0.39, 0.29) is 5.75 Å². The van der Waals surface area contributed by atoms with Gasteiger partial charge in [0.25, 0.3) is 0 Å². The summed E-state index contributed by atoms with van der Waals surface area (Å²) in [5.74, 6) is -0.835. The third-order valence-electron chi connectivity index (χ3n) is 2.43. The minimum Gasteiger partial charge on any atom is -0.457 e. The fourth-order valence-electron chi connectivity index (χ4n) is 1.54. The van der Waals surface area contributed by atoms with Crippen LogP contribution in [0.25, 0.3) is 0 Å². The Morgan fingerprint density at radius 1 is 0.944 bits per heavy atom. The zero-order valence-corrected chi connectivity index (χ0v) is 9.73. The Hall–Kier alpha value is -1.94. The van der Waals surface area contributed by atoms with E-state index >= 15 is 0 Å². The second-order valence-corrected chi connectivity index (χ2v) is 3.95. The summed E-state index contributed by atoms with van der Waals surface area (Å²) in [6.45, 7) is 1.65. The van der Waals surface area contributed by atoms with Gasteiger partial charge in [-0.05, 0) is 24.6 Å². The molecule has 2 aromatic rings. The van der Waals surface area contributed by atoms with Gasteiger partial charge in [0.15, 0.2) is 0 Å². The molecule has 0 aliphatic carbocycles. The molecule has 0 aromatic heterocycles. The summed E-state index contributed by atoms with van der Waals surface area (Å²) in [7, 11) is 0. The van der Waals surface area contributed by atoms with E-state index in [1.165, 1.54) is 0 Å². The highest BCUT2D eigenvalue weighted by Gasteiger charge is 2.04. The monoisotopic (exact) mass is 250 g/mol. The van der Waals surface area contributed by atoms with E-state index in [1.807, 2.05) is 0 Å². The second-order valence-electron chi connectivity index (χ2n) is 3.95. The first-order chi connectivity index (χ1) is 8.54. The van der Waals surface area contributed by atoms with Gasteiger partial charge in [-0.1, -0.05) is 12.1 Å². The molecule has 0 heterocycles. The third kappa shape index (κ3) is 3.05. The Bertz CT molecular complexity index is 516. The Balaban J connectivity index is 2.18. The molecule has 4 heteroatoms. The fourth-order valence-corrected chi connectivity index (χ4v) is 1.54. The summed E-state index contributed by atoms with van der Waals surface area (Å²) in [5, 5.41) is 9.34. The van der Waals surface area contributed by atoms with Crippen LogP contribution >= 0.6 is 0 Å². The fraction of sp³-hybridized carbons (Fsp3) is 0.143. The molecule has 0 saturated carbocycles. The van der Waals surface area contributed by atoms with Crippen LogP contribution in [0.2, 0.25) is 0 Å². The molecular weight excluding hydrogens is 238 g/mol. The van der Waals surface area contributed by atoms with Crippen LogP contribution in [0, 0.1) is 11.6 Å². The van der Waals surface area contributed by atoms with Crippen LogP contribution in [0.15, 0.2) is 42.5 Å². The first kappa shape index (κ1) is 12.5. The summed E-state index contributed by atoms with van der Waals surface area (Å²) < 4.78 is 31.2. The molecule has 0 aliphatic rings. The van der Waals surface area contributed by atoms with Gasteiger partial charge in [0.2, 0.25) is 0 Å². The number of benzene rings is 2. The molecule has 0 spiro atoms. The number of aliphatic hydroxyl groups is 1. The summed E-state index contributed by atoms with van der Waals surface area (Å²) in [6.07, 6.45) is -0.564. The van der Waals surface area contributed by atoms with Crippen molar-refractivity contribution in [3.63, 3.8) is 0 Å². The quantitative estimate of drug-likeness (QED) is 0.897. The number of hydrogen-bond acceptors (Lipinski definition) is 2. The highest BCUT2D eigenvalue weighted by Crippen LogP contribution is 2.24. The van der Waals surface area contributed by atoms with Gasteiger partial charge in [-0.15, -0.1) is 0 Å². The molecule has 0 saturated heterocycles. The Morgan fingerprint density at radius 2 is 1.50 bits per heavy atom. The number of ether oxygens (including phenoxy) is 1. The maximum absolute atomic E-state index is 12.9. The van der Waals surface area contributed by atoms with E-state index in [2.05, 4.69) is 0 Å². The molecule has 0 fully saturated rings. The van der Waals surface area contributed by atoms with Crippen molar-refractivity contribution in [1.29, 1.82) is 0 Å². The van der Waals surface area contributed by atoms with Gasteiger partial charge in [0.05, 0.1) is 6.10 Å². The molecule has 0 bridgehead atoms. The average Bonchev–Trinajstić information content (AvgIpc) is 2.28. The lowest BCUT2D eigenvalue weighted by Gasteiger charge is -2.08. The van der Waals surface area contributed by atoms with Crippen molar-refractivity contribution in [3.8, 4) is 11.5 Å². The number of aliphatic hydroxyl groups excluding tert-OH is 1. The SMILES string of the molecule is C[C@@H](O)c1ccc(Oc2cc(F)cc(F)c2)cc1. The van der Waals surface area contributed by atoms with E-state index in [0.717, 1.165) is 23.8 Å². The normalized spacial score (nSPS) is 12.2. The minimum atomic E-state index is -0.689. The lowest BCUT2D eigenvalue weighted by Crippen LogP contribution is -1.91. The largest absolute Gasteiger partial charge is 0.457 e. The van der Waals surface area contributed by atoms with Gasteiger partial charge >= 0.3 is 0 Å². The van der Waals surface area contributed by atoms with Crippen molar-refractivity contribution in [2.45, 2.75) is 13.0 Å². The zero-order valence-electron chi connectivity index (χ0n) is 9.73. The topological polar surface area (TPSA) is 29.5 Å². The maximum atomic E-state index is 12.9. The maximum Gasteiger partial charge on any atom is 0.133 e. The molecule has 2 aromatic carbocycles. The van der Waals surface area contributed by atoms with E-state index < -0.39 is 17.7 Å². The molecule has 0 unspecified atom stereocenters. The summed E-state index contributed by atoms with van der Waals surface area (Å²) in [4.78, 5) is 0. The predicted molar refractivity (Wildman–Crippen MR) is 63.5 cm³/mol. The van der Waals surface area contributed by atoms with E-state index in [1.54, 1.807) is 31.2 Å². The van der Waals surface area contributed by atoms with Crippen LogP contribution in [0.1, 0.15) is 18.6 Å². The zero-order chi connectivity index (χ0) is 13.1.